The lowest BCUT2D eigenvalue weighted by atomic mass is 10.2. The molecule has 178 valence electrons. The first-order valence-corrected chi connectivity index (χ1v) is 9.96. The molecular weight excluding hydrogens is 532 g/mol. The van der Waals surface area contributed by atoms with Crippen LogP contribution in [-0.2, 0) is 6.18 Å². The van der Waals surface area contributed by atoms with E-state index >= 15 is 0 Å². The Kier molecular flexibility index (Phi) is 7.49. The van der Waals surface area contributed by atoms with E-state index in [1.54, 1.807) is 5.32 Å². The number of imide groups is 1. The summed E-state index contributed by atoms with van der Waals surface area (Å²) in [6.07, 6.45) is -4.72. The van der Waals surface area contributed by atoms with Gasteiger partial charge in [0, 0.05) is 11.8 Å². The Labute approximate surface area is 202 Å². The summed E-state index contributed by atoms with van der Waals surface area (Å²) in [7, 11) is 0. The van der Waals surface area contributed by atoms with Gasteiger partial charge in [0.2, 0.25) is 5.88 Å². The zero-order valence-electron chi connectivity index (χ0n) is 16.2. The third kappa shape index (κ3) is 6.04. The van der Waals surface area contributed by atoms with E-state index in [2.05, 4.69) is 10.3 Å². The van der Waals surface area contributed by atoms with Crippen LogP contribution in [0.1, 0.15) is 15.9 Å². The Bertz CT molecular complexity index is 1240. The molecule has 0 bridgehead atoms. The van der Waals surface area contributed by atoms with Crippen LogP contribution in [0, 0.1) is 11.6 Å². The lowest BCUT2D eigenvalue weighted by Crippen LogP contribution is -2.35. The number of carbonyl (C=O) groups is 2. The number of hydrogen-bond acceptors (Lipinski definition) is 4. The summed E-state index contributed by atoms with van der Waals surface area (Å²) in [5.74, 6) is -4.57. The van der Waals surface area contributed by atoms with Gasteiger partial charge < -0.3 is 10.1 Å². The van der Waals surface area contributed by atoms with Crippen LogP contribution in [0.15, 0.2) is 42.5 Å². The molecule has 0 saturated heterocycles. The predicted molar refractivity (Wildman–Crippen MR) is 114 cm³/mol. The van der Waals surface area contributed by atoms with Crippen LogP contribution < -0.4 is 15.4 Å². The molecule has 0 spiro atoms. The van der Waals surface area contributed by atoms with Gasteiger partial charge in [-0.3, -0.25) is 10.1 Å². The molecule has 0 aliphatic heterocycles. The fraction of sp³-hybridized carbons (Fsp3) is 0.0500. The summed E-state index contributed by atoms with van der Waals surface area (Å²) in [4.78, 5) is 27.7. The second-order valence-electron chi connectivity index (χ2n) is 6.39. The van der Waals surface area contributed by atoms with Crippen LogP contribution in [0.4, 0.5) is 32.4 Å². The van der Waals surface area contributed by atoms with E-state index in [0.717, 1.165) is 30.3 Å². The second kappa shape index (κ2) is 10.00. The third-order valence-corrected chi connectivity index (χ3v) is 4.73. The predicted octanol–water partition coefficient (Wildman–Crippen LogP) is 7.09. The SMILES string of the molecule is O=C(NC(=O)c1c(F)cccc1F)Nc1cc(Cl)c(Oc2cc(C(F)(F)F)cc(Cl)n2)c(Cl)c1. The minimum atomic E-state index is -4.72. The molecule has 0 fully saturated rings. The third-order valence-electron chi connectivity index (χ3n) is 3.98. The van der Waals surface area contributed by atoms with E-state index in [1.807, 2.05) is 0 Å². The van der Waals surface area contributed by atoms with Gasteiger partial charge in [0.05, 0.1) is 15.6 Å². The van der Waals surface area contributed by atoms with Crippen LogP contribution in [0.2, 0.25) is 15.2 Å². The molecule has 2 N–H and O–H groups in total. The van der Waals surface area contributed by atoms with Gasteiger partial charge in [-0.1, -0.05) is 40.9 Å². The monoisotopic (exact) mass is 539 g/mol. The smallest absolute Gasteiger partial charge is 0.416 e. The molecule has 0 aliphatic rings. The van der Waals surface area contributed by atoms with Crippen molar-refractivity contribution < 1.29 is 36.3 Å². The van der Waals surface area contributed by atoms with Crippen molar-refractivity contribution in [2.24, 2.45) is 0 Å². The molecule has 3 aromatic rings. The van der Waals surface area contributed by atoms with E-state index < -0.39 is 51.9 Å². The number of amides is 3. The molecular formula is C20H9Cl3F5N3O3. The molecule has 3 amide bonds. The Morgan fingerprint density at radius 2 is 1.53 bits per heavy atom. The molecule has 3 rings (SSSR count). The van der Waals surface area contributed by atoms with Crippen molar-refractivity contribution in [1.29, 1.82) is 0 Å². The zero-order valence-corrected chi connectivity index (χ0v) is 18.5. The van der Waals surface area contributed by atoms with Crippen LogP contribution in [-0.4, -0.2) is 16.9 Å². The normalized spacial score (nSPS) is 11.2. The fourth-order valence-electron chi connectivity index (χ4n) is 2.57. The Morgan fingerprint density at radius 3 is 2.09 bits per heavy atom. The number of nitrogens with zero attached hydrogens (tertiary/aromatic N) is 1. The van der Waals surface area contributed by atoms with E-state index in [-0.39, 0.29) is 21.5 Å². The van der Waals surface area contributed by atoms with Crippen molar-refractivity contribution in [2.75, 3.05) is 5.32 Å². The van der Waals surface area contributed by atoms with E-state index in [9.17, 15) is 31.5 Å². The van der Waals surface area contributed by atoms with Crippen molar-refractivity contribution in [2.45, 2.75) is 6.18 Å². The Morgan fingerprint density at radius 1 is 0.941 bits per heavy atom. The Hall–Kier alpha value is -3.15. The second-order valence-corrected chi connectivity index (χ2v) is 7.59. The highest BCUT2D eigenvalue weighted by atomic mass is 35.5. The Balaban J connectivity index is 1.76. The summed E-state index contributed by atoms with van der Waals surface area (Å²) in [5.41, 5.74) is -2.18. The van der Waals surface area contributed by atoms with Crippen LogP contribution in [0.5, 0.6) is 11.6 Å². The van der Waals surface area contributed by atoms with E-state index in [1.165, 1.54) is 0 Å². The summed E-state index contributed by atoms with van der Waals surface area (Å²) >= 11 is 17.7. The highest BCUT2D eigenvalue weighted by Gasteiger charge is 2.32. The zero-order chi connectivity index (χ0) is 25.2. The number of nitrogens with one attached hydrogen (secondary N) is 2. The van der Waals surface area contributed by atoms with Crippen LogP contribution in [0.25, 0.3) is 0 Å². The molecule has 1 heterocycles. The molecule has 34 heavy (non-hydrogen) atoms. The summed E-state index contributed by atoms with van der Waals surface area (Å²) in [6, 6.07) is 4.87. The fourth-order valence-corrected chi connectivity index (χ4v) is 3.33. The number of ether oxygens (including phenoxy) is 1. The lowest BCUT2D eigenvalue weighted by Gasteiger charge is -2.14. The first-order valence-electron chi connectivity index (χ1n) is 8.83. The van der Waals surface area contributed by atoms with Crippen molar-refractivity contribution in [1.82, 2.24) is 10.3 Å². The largest absolute Gasteiger partial charge is 0.436 e. The van der Waals surface area contributed by atoms with E-state index in [4.69, 9.17) is 39.5 Å². The van der Waals surface area contributed by atoms with Gasteiger partial charge in [-0.15, -0.1) is 0 Å². The number of aromatic nitrogens is 1. The average molecular weight is 541 g/mol. The maximum atomic E-state index is 13.7. The van der Waals surface area contributed by atoms with Gasteiger partial charge in [0.25, 0.3) is 5.91 Å². The van der Waals surface area contributed by atoms with Gasteiger partial charge in [-0.2, -0.15) is 13.2 Å². The number of rotatable bonds is 4. The minimum absolute atomic E-state index is 0.0864. The molecule has 2 aromatic carbocycles. The molecule has 0 atom stereocenters. The highest BCUT2D eigenvalue weighted by Crippen LogP contribution is 2.40. The summed E-state index contributed by atoms with van der Waals surface area (Å²) in [6.45, 7) is 0. The van der Waals surface area contributed by atoms with Crippen molar-refractivity contribution in [3.63, 3.8) is 0 Å². The first-order chi connectivity index (χ1) is 15.8. The topological polar surface area (TPSA) is 80.3 Å². The van der Waals surface area contributed by atoms with Gasteiger partial charge in [0.15, 0.2) is 5.75 Å². The van der Waals surface area contributed by atoms with Crippen molar-refractivity contribution in [3.05, 3.63) is 80.4 Å². The summed E-state index contributed by atoms with van der Waals surface area (Å²) < 4.78 is 71.4. The number of benzene rings is 2. The average Bonchev–Trinajstić information content (AvgIpc) is 2.69. The van der Waals surface area contributed by atoms with Gasteiger partial charge in [0.1, 0.15) is 22.4 Å². The van der Waals surface area contributed by atoms with Crippen LogP contribution in [0.3, 0.4) is 0 Å². The highest BCUT2D eigenvalue weighted by molar-refractivity contribution is 6.37. The number of carbonyl (C=O) groups excluding carboxylic acids is 2. The molecule has 0 saturated carbocycles. The number of urea groups is 1. The van der Waals surface area contributed by atoms with Crippen molar-refractivity contribution >= 4 is 52.4 Å². The molecule has 1 aromatic heterocycles. The number of alkyl halides is 3. The number of anilines is 1. The molecule has 0 radical (unpaired) electrons. The first kappa shape index (κ1) is 25.5. The van der Waals surface area contributed by atoms with Gasteiger partial charge in [-0.05, 0) is 30.3 Å². The molecule has 0 unspecified atom stereocenters. The number of hydrogen-bond donors (Lipinski definition) is 2. The number of pyridine rings is 1. The standard InChI is InChI=1S/C20H9Cl3F5N3O3/c21-10-6-9(29-19(33)31-18(32)16-12(24)2-1-3-13(16)25)7-11(22)17(10)34-15-5-8(20(26,27)28)4-14(23)30-15/h1-7H,(H2,29,31,32,33). The lowest BCUT2D eigenvalue weighted by molar-refractivity contribution is -0.137. The maximum absolute atomic E-state index is 13.7. The van der Waals surface area contributed by atoms with E-state index in [0.29, 0.717) is 12.1 Å². The number of halogens is 8. The van der Waals surface area contributed by atoms with Gasteiger partial charge >= 0.3 is 12.2 Å². The molecule has 14 heteroatoms. The quantitative estimate of drug-likeness (QED) is 0.273. The molecule has 6 nitrogen and oxygen atoms in total. The summed E-state index contributed by atoms with van der Waals surface area (Å²) in [5, 5.41) is 2.88. The van der Waals surface area contributed by atoms with Crippen LogP contribution >= 0.6 is 34.8 Å². The minimum Gasteiger partial charge on any atom is -0.436 e. The van der Waals surface area contributed by atoms with Gasteiger partial charge in [-0.25, -0.2) is 18.6 Å². The van der Waals surface area contributed by atoms with Crippen molar-refractivity contribution in [3.8, 4) is 11.6 Å². The maximum Gasteiger partial charge on any atom is 0.416 e. The molecule has 0 aliphatic carbocycles.